The molecule has 0 aliphatic carbocycles. The van der Waals surface area contributed by atoms with Gasteiger partial charge in [-0.1, -0.05) is 44.9 Å². The Balaban J connectivity index is 2.20. The normalized spacial score (nSPS) is 11.4. The van der Waals surface area contributed by atoms with Crippen LogP contribution in [0.25, 0.3) is 0 Å². The van der Waals surface area contributed by atoms with Crippen molar-refractivity contribution in [2.75, 3.05) is 0 Å². The predicted molar refractivity (Wildman–Crippen MR) is 83.6 cm³/mol. The van der Waals surface area contributed by atoms with Crippen LogP contribution in [-0.2, 0) is 20.9 Å². The summed E-state index contributed by atoms with van der Waals surface area (Å²) in [7, 11) is -3.96. The lowest BCUT2D eigenvalue weighted by molar-refractivity contribution is -0.0926. The Kier molecular flexibility index (Phi) is 5.03. The van der Waals surface area contributed by atoms with Gasteiger partial charge in [0.15, 0.2) is 5.75 Å². The smallest absolute Gasteiger partial charge is 0.321 e. The maximum Gasteiger partial charge on any atom is 0.332 e. The van der Waals surface area contributed by atoms with Crippen molar-refractivity contribution in [2.45, 2.75) is 25.2 Å². The number of hydrogen-bond donors (Lipinski definition) is 0. The first-order chi connectivity index (χ1) is 9.92. The lowest BCUT2D eigenvalue weighted by atomic mass is 10.1. The SMILES string of the molecule is CCc1cc(C)ccc1S(=O)(=O)OOc1ccc(Br)cc1. The van der Waals surface area contributed by atoms with Gasteiger partial charge in [0.1, 0.15) is 4.90 Å². The van der Waals surface area contributed by atoms with E-state index < -0.39 is 10.1 Å². The highest BCUT2D eigenvalue weighted by Crippen LogP contribution is 2.22. The third-order valence-electron chi connectivity index (χ3n) is 2.90. The molecule has 0 aromatic heterocycles. The van der Waals surface area contributed by atoms with Crippen molar-refractivity contribution in [1.29, 1.82) is 0 Å². The molecular formula is C15H15BrO4S. The van der Waals surface area contributed by atoms with E-state index in [1.165, 1.54) is 6.07 Å². The van der Waals surface area contributed by atoms with Crippen molar-refractivity contribution in [2.24, 2.45) is 0 Å². The minimum atomic E-state index is -3.96. The lowest BCUT2D eigenvalue weighted by Crippen LogP contribution is -2.11. The van der Waals surface area contributed by atoms with Gasteiger partial charge in [0, 0.05) is 4.47 Å². The number of halogens is 1. The highest BCUT2D eigenvalue weighted by molar-refractivity contribution is 9.10. The van der Waals surface area contributed by atoms with E-state index >= 15 is 0 Å². The van der Waals surface area contributed by atoms with Crippen LogP contribution in [-0.4, -0.2) is 8.42 Å². The first-order valence-electron chi connectivity index (χ1n) is 6.38. The summed E-state index contributed by atoms with van der Waals surface area (Å²) in [5, 5.41) is 0. The minimum absolute atomic E-state index is 0.132. The molecule has 0 aliphatic heterocycles. The van der Waals surface area contributed by atoms with Crippen molar-refractivity contribution in [3.63, 3.8) is 0 Å². The van der Waals surface area contributed by atoms with Gasteiger partial charge in [-0.05, 0) is 49.2 Å². The summed E-state index contributed by atoms with van der Waals surface area (Å²) < 4.78 is 30.0. The molecule has 0 fully saturated rings. The molecule has 0 atom stereocenters. The highest BCUT2D eigenvalue weighted by atomic mass is 79.9. The number of aryl methyl sites for hydroxylation is 2. The first-order valence-corrected chi connectivity index (χ1v) is 8.59. The average molecular weight is 371 g/mol. The van der Waals surface area contributed by atoms with Crippen LogP contribution in [0.2, 0.25) is 0 Å². The average Bonchev–Trinajstić information content (AvgIpc) is 2.46. The zero-order chi connectivity index (χ0) is 15.5. The maximum atomic E-state index is 12.2. The fraction of sp³-hybridized carbons (Fsp3) is 0.200. The minimum Gasteiger partial charge on any atom is -0.321 e. The summed E-state index contributed by atoms with van der Waals surface area (Å²) in [5.74, 6) is 0.312. The summed E-state index contributed by atoms with van der Waals surface area (Å²) >= 11 is 3.28. The summed E-state index contributed by atoms with van der Waals surface area (Å²) in [5.41, 5.74) is 1.70. The topological polar surface area (TPSA) is 52.6 Å². The van der Waals surface area contributed by atoms with Gasteiger partial charge < -0.3 is 4.89 Å². The van der Waals surface area contributed by atoms with Crippen LogP contribution < -0.4 is 4.89 Å². The van der Waals surface area contributed by atoms with E-state index in [2.05, 4.69) is 20.3 Å². The Labute approximate surface area is 132 Å². The van der Waals surface area contributed by atoms with Crippen LogP contribution in [0.1, 0.15) is 18.1 Å². The molecule has 112 valence electrons. The van der Waals surface area contributed by atoms with E-state index in [-0.39, 0.29) is 4.90 Å². The molecule has 0 saturated heterocycles. The molecule has 0 amide bonds. The molecule has 0 bridgehead atoms. The van der Waals surface area contributed by atoms with E-state index in [4.69, 9.17) is 4.89 Å². The third-order valence-corrected chi connectivity index (χ3v) is 4.61. The van der Waals surface area contributed by atoms with Gasteiger partial charge in [-0.2, -0.15) is 8.42 Å². The van der Waals surface area contributed by atoms with Crippen LogP contribution >= 0.6 is 15.9 Å². The van der Waals surface area contributed by atoms with Gasteiger partial charge in [-0.15, -0.1) is 0 Å². The molecule has 6 heteroatoms. The van der Waals surface area contributed by atoms with Crippen molar-refractivity contribution in [1.82, 2.24) is 0 Å². The van der Waals surface area contributed by atoms with Crippen molar-refractivity contribution in [3.05, 3.63) is 58.1 Å². The molecular weight excluding hydrogens is 356 g/mol. The Morgan fingerprint density at radius 2 is 1.76 bits per heavy atom. The zero-order valence-electron chi connectivity index (χ0n) is 11.7. The van der Waals surface area contributed by atoms with E-state index in [9.17, 15) is 8.42 Å². The van der Waals surface area contributed by atoms with Crippen molar-refractivity contribution in [3.8, 4) is 5.75 Å². The summed E-state index contributed by atoms with van der Waals surface area (Å²) in [6, 6.07) is 11.8. The van der Waals surface area contributed by atoms with E-state index in [1.54, 1.807) is 30.3 Å². The first kappa shape index (κ1) is 16.0. The van der Waals surface area contributed by atoms with Gasteiger partial charge in [-0.25, -0.2) is 0 Å². The van der Waals surface area contributed by atoms with Gasteiger partial charge in [0.25, 0.3) is 0 Å². The van der Waals surface area contributed by atoms with E-state index in [0.717, 1.165) is 10.0 Å². The quantitative estimate of drug-likeness (QED) is 0.589. The number of rotatable bonds is 5. The summed E-state index contributed by atoms with van der Waals surface area (Å²) in [4.78, 5) is 5.03. The fourth-order valence-electron chi connectivity index (χ4n) is 1.84. The molecule has 0 N–H and O–H groups in total. The largest absolute Gasteiger partial charge is 0.332 e. The molecule has 0 heterocycles. The predicted octanol–water partition coefficient (Wildman–Crippen LogP) is 4.02. The number of hydrogen-bond acceptors (Lipinski definition) is 4. The van der Waals surface area contributed by atoms with Gasteiger partial charge in [-0.3, -0.25) is 0 Å². The molecule has 0 saturated carbocycles. The standard InChI is InChI=1S/C15H15BrO4S/c1-3-12-10-11(2)4-9-15(12)21(17,18)20-19-14-7-5-13(16)6-8-14/h4-10H,3H2,1-2H3. The molecule has 0 radical (unpaired) electrons. The molecule has 4 nitrogen and oxygen atoms in total. The van der Waals surface area contributed by atoms with Crippen LogP contribution in [0.15, 0.2) is 51.8 Å². The zero-order valence-corrected chi connectivity index (χ0v) is 14.1. The molecule has 2 aromatic rings. The van der Waals surface area contributed by atoms with E-state index in [0.29, 0.717) is 17.7 Å². The maximum absolute atomic E-state index is 12.2. The van der Waals surface area contributed by atoms with Crippen LogP contribution in [0.4, 0.5) is 0 Å². The molecule has 21 heavy (non-hydrogen) atoms. The van der Waals surface area contributed by atoms with Gasteiger partial charge in [0.05, 0.1) is 0 Å². The highest BCUT2D eigenvalue weighted by Gasteiger charge is 2.21. The number of benzene rings is 2. The van der Waals surface area contributed by atoms with Gasteiger partial charge in [0.2, 0.25) is 0 Å². The van der Waals surface area contributed by atoms with Crippen molar-refractivity contribution >= 4 is 26.0 Å². The Morgan fingerprint density at radius 3 is 2.38 bits per heavy atom. The van der Waals surface area contributed by atoms with Crippen molar-refractivity contribution < 1.29 is 17.6 Å². The van der Waals surface area contributed by atoms with Crippen LogP contribution in [0.3, 0.4) is 0 Å². The third kappa shape index (κ3) is 4.06. The molecule has 0 spiro atoms. The molecule has 2 aromatic carbocycles. The Bertz CT molecular complexity index is 724. The summed E-state index contributed by atoms with van der Waals surface area (Å²) in [6.45, 7) is 3.80. The molecule has 2 rings (SSSR count). The second kappa shape index (κ2) is 6.60. The van der Waals surface area contributed by atoms with Crippen LogP contribution in [0, 0.1) is 6.92 Å². The molecule has 0 aliphatic rings. The van der Waals surface area contributed by atoms with Crippen LogP contribution in [0.5, 0.6) is 5.75 Å². The van der Waals surface area contributed by atoms with Gasteiger partial charge >= 0.3 is 10.1 Å². The monoisotopic (exact) mass is 370 g/mol. The molecule has 0 unspecified atom stereocenters. The second-order valence-corrected chi connectivity index (χ2v) is 6.92. The summed E-state index contributed by atoms with van der Waals surface area (Å²) in [6.07, 6.45) is 0.595. The Hall–Kier alpha value is -1.37. The Morgan fingerprint density at radius 1 is 1.10 bits per heavy atom. The second-order valence-electron chi connectivity index (χ2n) is 4.52. The van der Waals surface area contributed by atoms with E-state index in [1.807, 2.05) is 19.9 Å². The fourth-order valence-corrected chi connectivity index (χ4v) is 3.10. The lowest BCUT2D eigenvalue weighted by Gasteiger charge is -2.10.